The van der Waals surface area contributed by atoms with Gasteiger partial charge in [-0.2, -0.15) is 0 Å². The lowest BCUT2D eigenvalue weighted by Gasteiger charge is -2.60. The van der Waals surface area contributed by atoms with Crippen molar-refractivity contribution in [2.75, 3.05) is 6.61 Å². The zero-order valence-corrected chi connectivity index (χ0v) is 12.5. The van der Waals surface area contributed by atoms with E-state index in [0.717, 1.165) is 18.6 Å². The van der Waals surface area contributed by atoms with Gasteiger partial charge in [0.15, 0.2) is 0 Å². The minimum absolute atomic E-state index is 0.159. The molecule has 0 spiro atoms. The molecule has 2 nitrogen and oxygen atoms in total. The standard InChI is InChI=1S/C17H24FNO/c1-11(12-6-4-7-13(18)10-12)19-15-14-8-5-9-20-16(14)17(15,2)3/h4,6-7,10-11,14-16,19H,5,8-9H2,1-3H3. The number of rotatable bonds is 3. The molecule has 3 heteroatoms. The number of hydrogen-bond donors (Lipinski definition) is 1. The molecule has 0 radical (unpaired) electrons. The fourth-order valence-electron chi connectivity index (χ4n) is 4.00. The van der Waals surface area contributed by atoms with Crippen LogP contribution in [-0.4, -0.2) is 18.8 Å². The highest BCUT2D eigenvalue weighted by Crippen LogP contribution is 2.51. The van der Waals surface area contributed by atoms with E-state index in [0.29, 0.717) is 18.1 Å². The van der Waals surface area contributed by atoms with Crippen LogP contribution < -0.4 is 5.32 Å². The Bertz CT molecular complexity index is 488. The minimum Gasteiger partial charge on any atom is -0.377 e. The Labute approximate surface area is 120 Å². The van der Waals surface area contributed by atoms with Crippen molar-refractivity contribution in [3.8, 4) is 0 Å². The summed E-state index contributed by atoms with van der Waals surface area (Å²) >= 11 is 0. The van der Waals surface area contributed by atoms with Gasteiger partial charge in [0.2, 0.25) is 0 Å². The van der Waals surface area contributed by atoms with E-state index in [-0.39, 0.29) is 17.3 Å². The van der Waals surface area contributed by atoms with Gasteiger partial charge in [0.1, 0.15) is 5.82 Å². The van der Waals surface area contributed by atoms with E-state index < -0.39 is 0 Å². The van der Waals surface area contributed by atoms with Crippen molar-refractivity contribution in [2.45, 2.75) is 51.8 Å². The lowest BCUT2D eigenvalue weighted by molar-refractivity contribution is -0.194. The van der Waals surface area contributed by atoms with Crippen molar-refractivity contribution in [3.05, 3.63) is 35.6 Å². The summed E-state index contributed by atoms with van der Waals surface area (Å²) in [6.07, 6.45) is 2.78. The lowest BCUT2D eigenvalue weighted by atomic mass is 9.55. The van der Waals surface area contributed by atoms with Crippen LogP contribution in [0.25, 0.3) is 0 Å². The monoisotopic (exact) mass is 277 g/mol. The molecule has 1 saturated carbocycles. The Morgan fingerprint density at radius 2 is 2.20 bits per heavy atom. The van der Waals surface area contributed by atoms with Gasteiger partial charge in [-0.1, -0.05) is 26.0 Å². The average molecular weight is 277 g/mol. The first-order valence-electron chi connectivity index (χ1n) is 7.63. The smallest absolute Gasteiger partial charge is 0.123 e. The molecular weight excluding hydrogens is 253 g/mol. The van der Waals surface area contributed by atoms with Gasteiger partial charge in [0.05, 0.1) is 6.10 Å². The largest absolute Gasteiger partial charge is 0.377 e. The van der Waals surface area contributed by atoms with Crippen LogP contribution in [0.15, 0.2) is 24.3 Å². The average Bonchev–Trinajstić information content (AvgIpc) is 2.44. The molecular formula is C17H24FNO. The number of benzene rings is 1. The Morgan fingerprint density at radius 3 is 2.95 bits per heavy atom. The molecule has 4 atom stereocenters. The maximum atomic E-state index is 13.3. The predicted molar refractivity (Wildman–Crippen MR) is 78.0 cm³/mol. The van der Waals surface area contributed by atoms with Crippen LogP contribution in [0.2, 0.25) is 0 Å². The predicted octanol–water partition coefficient (Wildman–Crippen LogP) is 3.68. The van der Waals surface area contributed by atoms with Crippen molar-refractivity contribution >= 4 is 0 Å². The zero-order chi connectivity index (χ0) is 14.3. The summed E-state index contributed by atoms with van der Waals surface area (Å²) in [6, 6.07) is 7.50. The fourth-order valence-corrected chi connectivity index (χ4v) is 4.00. The molecule has 4 unspecified atom stereocenters. The first-order valence-corrected chi connectivity index (χ1v) is 7.63. The van der Waals surface area contributed by atoms with E-state index >= 15 is 0 Å². The SMILES string of the molecule is CC(NC1C2CCCOC2C1(C)C)c1cccc(F)c1. The van der Waals surface area contributed by atoms with Gasteiger partial charge < -0.3 is 10.1 Å². The molecule has 0 aromatic heterocycles. The van der Waals surface area contributed by atoms with Crippen molar-refractivity contribution in [3.63, 3.8) is 0 Å². The maximum absolute atomic E-state index is 13.3. The second-order valence-electron chi connectivity index (χ2n) is 6.84. The van der Waals surface area contributed by atoms with Crippen LogP contribution in [0.3, 0.4) is 0 Å². The van der Waals surface area contributed by atoms with Gasteiger partial charge in [0.25, 0.3) is 0 Å². The van der Waals surface area contributed by atoms with E-state index in [1.54, 1.807) is 12.1 Å². The number of halogens is 1. The molecule has 1 aromatic rings. The molecule has 2 aliphatic rings. The van der Waals surface area contributed by atoms with E-state index in [4.69, 9.17) is 4.74 Å². The summed E-state index contributed by atoms with van der Waals surface area (Å²) in [5.41, 5.74) is 1.17. The Hall–Kier alpha value is -0.930. The van der Waals surface area contributed by atoms with Crippen LogP contribution >= 0.6 is 0 Å². The Morgan fingerprint density at radius 1 is 1.40 bits per heavy atom. The molecule has 1 N–H and O–H groups in total. The number of hydrogen-bond acceptors (Lipinski definition) is 2. The summed E-state index contributed by atoms with van der Waals surface area (Å²) in [6.45, 7) is 7.56. The van der Waals surface area contributed by atoms with Crippen molar-refractivity contribution in [1.29, 1.82) is 0 Å². The molecule has 1 saturated heterocycles. The Balaban J connectivity index is 1.71. The van der Waals surface area contributed by atoms with Gasteiger partial charge in [-0.15, -0.1) is 0 Å². The van der Waals surface area contributed by atoms with Crippen molar-refractivity contribution in [1.82, 2.24) is 5.32 Å². The van der Waals surface area contributed by atoms with Crippen molar-refractivity contribution in [2.24, 2.45) is 11.3 Å². The van der Waals surface area contributed by atoms with Gasteiger partial charge in [-0.3, -0.25) is 0 Å². The van der Waals surface area contributed by atoms with Gasteiger partial charge >= 0.3 is 0 Å². The second-order valence-corrected chi connectivity index (χ2v) is 6.84. The third-order valence-electron chi connectivity index (χ3n) is 5.11. The summed E-state index contributed by atoms with van der Waals surface area (Å²) in [7, 11) is 0. The molecule has 0 bridgehead atoms. The first kappa shape index (κ1) is 14.0. The molecule has 110 valence electrons. The first-order chi connectivity index (χ1) is 9.50. The molecule has 1 aliphatic heterocycles. The van der Waals surface area contributed by atoms with Crippen molar-refractivity contribution < 1.29 is 9.13 Å². The number of ether oxygens (including phenoxy) is 1. The van der Waals surface area contributed by atoms with E-state index in [2.05, 4.69) is 26.1 Å². The summed E-state index contributed by atoms with van der Waals surface area (Å²) in [5, 5.41) is 3.70. The highest BCUT2D eigenvalue weighted by molar-refractivity contribution is 5.21. The molecule has 1 heterocycles. The molecule has 1 aliphatic carbocycles. The third-order valence-corrected chi connectivity index (χ3v) is 5.11. The van der Waals surface area contributed by atoms with E-state index in [9.17, 15) is 4.39 Å². The van der Waals surface area contributed by atoms with Crippen LogP contribution in [-0.2, 0) is 4.74 Å². The van der Waals surface area contributed by atoms with Gasteiger partial charge in [-0.25, -0.2) is 4.39 Å². The highest BCUT2D eigenvalue weighted by atomic mass is 19.1. The van der Waals surface area contributed by atoms with E-state index in [1.807, 2.05) is 6.07 Å². The van der Waals surface area contributed by atoms with Gasteiger partial charge in [0, 0.05) is 30.0 Å². The van der Waals surface area contributed by atoms with Crippen LogP contribution in [0.5, 0.6) is 0 Å². The third kappa shape index (κ3) is 2.27. The fraction of sp³-hybridized carbons (Fsp3) is 0.647. The topological polar surface area (TPSA) is 21.3 Å². The molecule has 2 fully saturated rings. The summed E-state index contributed by atoms with van der Waals surface area (Å²) in [5.74, 6) is 0.442. The zero-order valence-electron chi connectivity index (χ0n) is 12.5. The summed E-state index contributed by atoms with van der Waals surface area (Å²) < 4.78 is 19.3. The highest BCUT2D eigenvalue weighted by Gasteiger charge is 2.57. The maximum Gasteiger partial charge on any atom is 0.123 e. The minimum atomic E-state index is -0.164. The second kappa shape index (κ2) is 5.12. The van der Waals surface area contributed by atoms with Crippen LogP contribution in [0.1, 0.15) is 45.2 Å². The normalized spacial score (nSPS) is 33.1. The lowest BCUT2D eigenvalue weighted by Crippen LogP contribution is -2.69. The molecule has 20 heavy (non-hydrogen) atoms. The van der Waals surface area contributed by atoms with Gasteiger partial charge in [-0.05, 0) is 37.5 Å². The van der Waals surface area contributed by atoms with E-state index in [1.165, 1.54) is 12.5 Å². The number of nitrogens with one attached hydrogen (secondary N) is 1. The number of fused-ring (bicyclic) bond motifs is 1. The summed E-state index contributed by atoms with van der Waals surface area (Å²) in [4.78, 5) is 0. The molecule has 0 amide bonds. The quantitative estimate of drug-likeness (QED) is 0.910. The van der Waals surface area contributed by atoms with Crippen LogP contribution in [0, 0.1) is 17.2 Å². The van der Waals surface area contributed by atoms with Crippen LogP contribution in [0.4, 0.5) is 4.39 Å². The Kier molecular flexibility index (Phi) is 3.59. The molecule has 1 aromatic carbocycles. The molecule has 3 rings (SSSR count).